The Hall–Kier alpha value is -2.69. The van der Waals surface area contributed by atoms with Gasteiger partial charge in [-0.1, -0.05) is 48.0 Å². The Morgan fingerprint density at radius 2 is 1.75 bits per heavy atom. The molecule has 120 valence electrons. The molecule has 0 radical (unpaired) electrons. The number of anilines is 1. The van der Waals surface area contributed by atoms with Gasteiger partial charge in [-0.2, -0.15) is 9.64 Å². The van der Waals surface area contributed by atoms with Crippen LogP contribution in [0.25, 0.3) is 11.3 Å². The van der Waals surface area contributed by atoms with Crippen LogP contribution in [-0.4, -0.2) is 12.8 Å². The summed E-state index contributed by atoms with van der Waals surface area (Å²) >= 11 is 0.957. The molecule has 24 heavy (non-hydrogen) atoms. The van der Waals surface area contributed by atoms with Crippen molar-refractivity contribution in [2.24, 2.45) is 0 Å². The second-order valence-corrected chi connectivity index (χ2v) is 7.59. The monoisotopic (exact) mass is 355 g/mol. The molecular weight excluding hydrogens is 342 g/mol. The van der Waals surface area contributed by atoms with E-state index in [9.17, 15) is 13.7 Å². The van der Waals surface area contributed by atoms with E-state index in [4.69, 9.17) is 0 Å². The molecule has 5 nitrogen and oxygen atoms in total. The highest BCUT2D eigenvalue weighted by Crippen LogP contribution is 2.33. The summed E-state index contributed by atoms with van der Waals surface area (Å²) in [4.78, 5) is 0.145. The van der Waals surface area contributed by atoms with Crippen LogP contribution in [0.4, 0.5) is 5.00 Å². The van der Waals surface area contributed by atoms with Gasteiger partial charge < -0.3 is 0 Å². The molecule has 0 aliphatic carbocycles. The van der Waals surface area contributed by atoms with E-state index in [1.54, 1.807) is 12.1 Å². The van der Waals surface area contributed by atoms with Gasteiger partial charge in [-0.05, 0) is 30.6 Å². The number of aryl methyl sites for hydroxylation is 1. The van der Waals surface area contributed by atoms with E-state index in [1.165, 1.54) is 12.1 Å². The van der Waals surface area contributed by atoms with Crippen molar-refractivity contribution in [3.05, 3.63) is 65.7 Å². The minimum atomic E-state index is -3.76. The average molecular weight is 355 g/mol. The van der Waals surface area contributed by atoms with Gasteiger partial charge in [-0.15, -0.1) is 0 Å². The molecule has 0 amide bonds. The summed E-state index contributed by atoms with van der Waals surface area (Å²) in [5, 5.41) is 9.65. The van der Waals surface area contributed by atoms with E-state index >= 15 is 0 Å². The molecule has 0 aliphatic heterocycles. The smallest absolute Gasteiger partial charge is 0.262 e. The van der Waals surface area contributed by atoms with Crippen LogP contribution in [0.1, 0.15) is 11.1 Å². The molecule has 1 heterocycles. The van der Waals surface area contributed by atoms with Crippen LogP contribution in [0.15, 0.2) is 59.5 Å². The van der Waals surface area contributed by atoms with Crippen LogP contribution in [0.3, 0.4) is 0 Å². The number of hydrogen-bond acceptors (Lipinski definition) is 5. The quantitative estimate of drug-likeness (QED) is 0.772. The number of benzene rings is 2. The summed E-state index contributed by atoms with van der Waals surface area (Å²) in [6.07, 6.45) is 0. The number of hydrogen-bond donors (Lipinski definition) is 1. The van der Waals surface area contributed by atoms with E-state index in [0.29, 0.717) is 5.69 Å². The molecule has 0 saturated heterocycles. The molecule has 7 heteroatoms. The van der Waals surface area contributed by atoms with Crippen molar-refractivity contribution < 1.29 is 8.42 Å². The first-order valence-electron chi connectivity index (χ1n) is 7.06. The maximum Gasteiger partial charge on any atom is 0.262 e. The number of nitriles is 1. The normalized spacial score (nSPS) is 11.0. The lowest BCUT2D eigenvalue weighted by molar-refractivity contribution is 0.601. The highest BCUT2D eigenvalue weighted by atomic mass is 32.2. The number of nitrogens with one attached hydrogen (secondary N) is 1. The second-order valence-electron chi connectivity index (χ2n) is 5.13. The highest BCUT2D eigenvalue weighted by molar-refractivity contribution is 7.93. The van der Waals surface area contributed by atoms with E-state index < -0.39 is 10.0 Å². The van der Waals surface area contributed by atoms with E-state index in [1.807, 2.05) is 43.3 Å². The first kappa shape index (κ1) is 16.2. The molecule has 1 N–H and O–H groups in total. The van der Waals surface area contributed by atoms with Crippen molar-refractivity contribution >= 4 is 26.6 Å². The standard InChI is InChI=1S/C17H13N3O2S2/c1-12-7-9-14(10-8-12)24(21,22)20-17-15(11-18)16(19-23-17)13-5-3-2-4-6-13/h2-10,20H,1H3. The lowest BCUT2D eigenvalue weighted by Gasteiger charge is -2.06. The fourth-order valence-electron chi connectivity index (χ4n) is 2.15. The van der Waals surface area contributed by atoms with Gasteiger partial charge in [0.05, 0.1) is 4.90 Å². The van der Waals surface area contributed by atoms with Crippen molar-refractivity contribution in [1.82, 2.24) is 4.37 Å². The summed E-state index contributed by atoms with van der Waals surface area (Å²) in [5.74, 6) is 0. The van der Waals surface area contributed by atoms with Gasteiger partial charge >= 0.3 is 0 Å². The molecule has 0 saturated carbocycles. The van der Waals surface area contributed by atoms with Gasteiger partial charge in [0.25, 0.3) is 10.0 Å². The van der Waals surface area contributed by atoms with Gasteiger partial charge in [-0.25, -0.2) is 8.42 Å². The Labute approximate surface area is 144 Å². The summed E-state index contributed by atoms with van der Waals surface area (Å²) < 4.78 is 31.7. The summed E-state index contributed by atoms with van der Waals surface area (Å²) in [7, 11) is -3.76. The van der Waals surface area contributed by atoms with E-state index in [-0.39, 0.29) is 15.5 Å². The van der Waals surface area contributed by atoms with Crippen LogP contribution >= 0.6 is 11.5 Å². The van der Waals surface area contributed by atoms with Gasteiger partial charge in [0.15, 0.2) is 0 Å². The Balaban J connectivity index is 1.98. The minimum Gasteiger partial charge on any atom is -0.268 e. The third-order valence-corrected chi connectivity index (χ3v) is 5.67. The van der Waals surface area contributed by atoms with Gasteiger partial charge in [0, 0.05) is 5.56 Å². The molecule has 3 rings (SSSR count). The van der Waals surface area contributed by atoms with Gasteiger partial charge in [0.1, 0.15) is 22.3 Å². The zero-order valence-electron chi connectivity index (χ0n) is 12.7. The topological polar surface area (TPSA) is 82.8 Å². The SMILES string of the molecule is Cc1ccc(S(=O)(=O)Nc2snc(-c3ccccc3)c2C#N)cc1. The van der Waals surface area contributed by atoms with Crippen LogP contribution < -0.4 is 4.72 Å². The van der Waals surface area contributed by atoms with Crippen molar-refractivity contribution in [3.63, 3.8) is 0 Å². The fourth-order valence-corrected chi connectivity index (χ4v) is 4.20. The lowest BCUT2D eigenvalue weighted by atomic mass is 10.1. The largest absolute Gasteiger partial charge is 0.268 e. The Kier molecular flexibility index (Phi) is 4.34. The number of aromatic nitrogens is 1. The molecule has 0 spiro atoms. The molecule has 0 bridgehead atoms. The number of nitrogens with zero attached hydrogens (tertiary/aromatic N) is 2. The van der Waals surface area contributed by atoms with Crippen LogP contribution in [0, 0.1) is 18.3 Å². The van der Waals surface area contributed by atoms with Crippen molar-refractivity contribution in [1.29, 1.82) is 5.26 Å². The number of rotatable bonds is 4. The van der Waals surface area contributed by atoms with Crippen molar-refractivity contribution in [2.75, 3.05) is 4.72 Å². The zero-order chi connectivity index (χ0) is 17.2. The maximum atomic E-state index is 12.5. The predicted molar refractivity (Wildman–Crippen MR) is 94.3 cm³/mol. The molecule has 0 atom stereocenters. The fraction of sp³-hybridized carbons (Fsp3) is 0.0588. The molecular formula is C17H13N3O2S2. The third-order valence-electron chi connectivity index (χ3n) is 3.41. The van der Waals surface area contributed by atoms with E-state index in [2.05, 4.69) is 9.10 Å². The molecule has 2 aromatic carbocycles. The van der Waals surface area contributed by atoms with Gasteiger partial charge in [-0.3, -0.25) is 4.72 Å². The molecule has 1 aromatic heterocycles. The van der Waals surface area contributed by atoms with Crippen LogP contribution in [0.5, 0.6) is 0 Å². The van der Waals surface area contributed by atoms with Crippen molar-refractivity contribution in [3.8, 4) is 17.3 Å². The maximum absolute atomic E-state index is 12.5. The third kappa shape index (κ3) is 3.15. The minimum absolute atomic E-state index is 0.145. The van der Waals surface area contributed by atoms with Crippen molar-refractivity contribution in [2.45, 2.75) is 11.8 Å². The lowest BCUT2D eigenvalue weighted by Crippen LogP contribution is -2.12. The predicted octanol–water partition coefficient (Wildman–Crippen LogP) is 3.79. The highest BCUT2D eigenvalue weighted by Gasteiger charge is 2.21. The molecule has 0 aliphatic rings. The Bertz CT molecular complexity index is 1000. The summed E-state index contributed by atoms with van der Waals surface area (Å²) in [6.45, 7) is 1.88. The summed E-state index contributed by atoms with van der Waals surface area (Å²) in [6, 6.07) is 17.8. The first-order chi connectivity index (χ1) is 11.5. The average Bonchev–Trinajstić information content (AvgIpc) is 2.98. The first-order valence-corrected chi connectivity index (χ1v) is 9.31. The number of sulfonamides is 1. The van der Waals surface area contributed by atoms with Crippen LogP contribution in [-0.2, 0) is 10.0 Å². The Morgan fingerprint density at radius 1 is 1.08 bits per heavy atom. The molecule has 3 aromatic rings. The van der Waals surface area contributed by atoms with Crippen LogP contribution in [0.2, 0.25) is 0 Å². The Morgan fingerprint density at radius 3 is 2.38 bits per heavy atom. The van der Waals surface area contributed by atoms with E-state index in [0.717, 1.165) is 22.7 Å². The van der Waals surface area contributed by atoms with Gasteiger partial charge in [0.2, 0.25) is 0 Å². The zero-order valence-corrected chi connectivity index (χ0v) is 14.4. The molecule has 0 unspecified atom stereocenters. The molecule has 0 fully saturated rings. The second kappa shape index (κ2) is 6.43. The summed E-state index contributed by atoms with van der Waals surface area (Å²) in [5.41, 5.74) is 2.44.